The third-order valence-corrected chi connectivity index (χ3v) is 5.67. The van der Waals surface area contributed by atoms with Crippen LogP contribution in [0.1, 0.15) is 0 Å². The summed E-state index contributed by atoms with van der Waals surface area (Å²) in [5.41, 5.74) is -0.0278. The van der Waals surface area contributed by atoms with Crippen molar-refractivity contribution in [1.82, 2.24) is 0 Å². The summed E-state index contributed by atoms with van der Waals surface area (Å²) in [6.45, 7) is 0. The van der Waals surface area contributed by atoms with Crippen molar-refractivity contribution in [3.8, 4) is 0 Å². The molecule has 0 aliphatic carbocycles. The predicted octanol–water partition coefficient (Wildman–Crippen LogP) is 3.07. The Morgan fingerprint density at radius 2 is 1.00 bits per heavy atom. The average Bonchev–Trinajstić information content (AvgIpc) is 2.75. The smallest absolute Gasteiger partial charge is 0.119 e. The van der Waals surface area contributed by atoms with Gasteiger partial charge in [0.2, 0.25) is 0 Å². The summed E-state index contributed by atoms with van der Waals surface area (Å²) in [5.74, 6) is 0. The van der Waals surface area contributed by atoms with Gasteiger partial charge in [0.25, 0.3) is 0 Å². The van der Waals surface area contributed by atoms with Gasteiger partial charge in [-0.2, -0.15) is 0 Å². The molecule has 1 saturated heterocycles. The van der Waals surface area contributed by atoms with Crippen LogP contribution in [0.25, 0.3) is 0 Å². The van der Waals surface area contributed by atoms with Gasteiger partial charge in [-0.3, -0.25) is 0 Å². The maximum Gasteiger partial charge on any atom is 0.119 e. The minimum Gasteiger partial charge on any atom is -0.359 e. The van der Waals surface area contributed by atoms with Gasteiger partial charge in [-0.25, -0.2) is 0 Å². The lowest BCUT2D eigenvalue weighted by molar-refractivity contribution is 0.307. The molecule has 0 radical (unpaired) electrons. The summed E-state index contributed by atoms with van der Waals surface area (Å²) in [6.07, 6.45) is 0. The van der Waals surface area contributed by atoms with Gasteiger partial charge in [0.05, 0.1) is 0 Å². The van der Waals surface area contributed by atoms with Crippen molar-refractivity contribution in [2.45, 2.75) is 11.2 Å². The topological polar surface area (TPSA) is 12.5 Å². The van der Waals surface area contributed by atoms with Gasteiger partial charge >= 0.3 is 0 Å². The van der Waals surface area contributed by atoms with E-state index in [1.807, 2.05) is 0 Å². The molecule has 0 N–H and O–H groups in total. The lowest BCUT2D eigenvalue weighted by Crippen LogP contribution is -2.32. The van der Waals surface area contributed by atoms with E-state index in [9.17, 15) is 0 Å². The van der Waals surface area contributed by atoms with Crippen molar-refractivity contribution in [2.24, 2.45) is 0 Å². The third-order valence-electron chi connectivity index (χ3n) is 2.04. The fourth-order valence-corrected chi connectivity index (χ4v) is 5.37. The molecule has 1 aliphatic heterocycles. The molecule has 0 atom stereocenters. The molecule has 0 aromatic rings. The van der Waals surface area contributed by atoms with Gasteiger partial charge in [-0.15, -0.1) is 0 Å². The van der Waals surface area contributed by atoms with Crippen molar-refractivity contribution in [3.63, 3.8) is 0 Å². The van der Waals surface area contributed by atoms with E-state index in [-0.39, 0.29) is 11.2 Å². The van der Waals surface area contributed by atoms with Crippen LogP contribution in [0.15, 0.2) is 0 Å². The predicted molar refractivity (Wildman–Crippen MR) is 61.7 cm³/mol. The second kappa shape index (κ2) is 3.95. The number of hydrogen-bond donors (Lipinski definition) is 0. The summed E-state index contributed by atoms with van der Waals surface area (Å²) >= 11 is 13.8. The van der Waals surface area contributed by atoms with E-state index in [1.54, 1.807) is 0 Å². The maximum absolute atomic E-state index is 5.70. The summed E-state index contributed by atoms with van der Waals surface area (Å²) in [7, 11) is 0. The molecule has 0 saturated carbocycles. The molecule has 1 aliphatic rings. The van der Waals surface area contributed by atoms with Crippen molar-refractivity contribution in [2.75, 3.05) is 21.3 Å². The van der Waals surface area contributed by atoms with Crippen molar-refractivity contribution < 1.29 is 4.74 Å². The van der Waals surface area contributed by atoms with Crippen molar-refractivity contribution in [3.05, 3.63) is 0 Å². The highest BCUT2D eigenvalue weighted by atomic mass is 79.9. The highest BCUT2D eigenvalue weighted by Gasteiger charge is 2.67. The number of ether oxygens (including phenoxy) is 1. The summed E-state index contributed by atoms with van der Waals surface area (Å²) in [6, 6.07) is 0. The normalized spacial score (nSPS) is 25.1. The Labute approximate surface area is 100 Å². The molecular weight excluding hydrogens is 408 g/mol. The Balaban J connectivity index is 2.65. The van der Waals surface area contributed by atoms with Crippen LogP contribution in [0.2, 0.25) is 0 Å². The summed E-state index contributed by atoms with van der Waals surface area (Å²) in [5, 5.41) is 3.51. The Bertz CT molecular complexity index is 126. The van der Waals surface area contributed by atoms with Crippen LogP contribution in [-0.2, 0) is 4.74 Å². The molecule has 0 unspecified atom stereocenters. The molecule has 0 spiro atoms. The van der Waals surface area contributed by atoms with E-state index in [2.05, 4.69) is 63.7 Å². The van der Waals surface area contributed by atoms with Crippen molar-refractivity contribution in [1.29, 1.82) is 0 Å². The average molecular weight is 416 g/mol. The molecule has 1 fully saturated rings. The molecule has 1 rings (SSSR count). The van der Waals surface area contributed by atoms with Crippen LogP contribution in [0, 0.1) is 0 Å². The zero-order valence-electron chi connectivity index (χ0n) is 5.75. The van der Waals surface area contributed by atoms with Gasteiger partial charge in [-0.1, -0.05) is 63.7 Å². The largest absolute Gasteiger partial charge is 0.359 e. The number of hydrogen-bond acceptors (Lipinski definition) is 1. The van der Waals surface area contributed by atoms with Gasteiger partial charge in [-0.05, 0) is 0 Å². The van der Waals surface area contributed by atoms with Crippen LogP contribution < -0.4 is 0 Å². The highest BCUT2D eigenvalue weighted by molar-refractivity contribution is 9.10. The monoisotopic (exact) mass is 412 g/mol. The highest BCUT2D eigenvalue weighted by Crippen LogP contribution is 2.52. The zero-order valence-corrected chi connectivity index (χ0v) is 12.1. The van der Waals surface area contributed by atoms with Crippen LogP contribution in [0.3, 0.4) is 0 Å². The Hall–Kier alpha value is 1.88. The standard InChI is InChI=1S/C6H8Br4O/c7-1-5(2-8)6(3-9,4-10)11-5/h1-4H2. The third kappa shape index (κ3) is 1.60. The molecular formula is C6H8Br4O. The Kier molecular flexibility index (Phi) is 3.93. The Morgan fingerprint density at radius 3 is 1.09 bits per heavy atom. The Morgan fingerprint density at radius 1 is 0.727 bits per heavy atom. The summed E-state index contributed by atoms with van der Waals surface area (Å²) in [4.78, 5) is 0. The first kappa shape index (κ1) is 11.0. The SMILES string of the molecule is BrCC1(CBr)OC1(CBr)CBr. The number of halogens is 4. The van der Waals surface area contributed by atoms with Gasteiger partial charge in [0.1, 0.15) is 11.2 Å². The lowest BCUT2D eigenvalue weighted by atomic mass is 10.0. The first-order chi connectivity index (χ1) is 5.20. The van der Waals surface area contributed by atoms with Crippen LogP contribution in [0.4, 0.5) is 0 Å². The second-order valence-electron chi connectivity index (χ2n) is 2.63. The second-order valence-corrected chi connectivity index (χ2v) is 4.87. The number of alkyl halides is 4. The fourth-order valence-electron chi connectivity index (χ4n) is 1.02. The molecule has 1 heterocycles. The molecule has 0 bridgehead atoms. The minimum absolute atomic E-state index is 0.0139. The number of epoxide rings is 1. The molecule has 0 aromatic heterocycles. The molecule has 1 nitrogen and oxygen atoms in total. The first-order valence-electron chi connectivity index (χ1n) is 3.14. The van der Waals surface area contributed by atoms with E-state index in [1.165, 1.54) is 0 Å². The number of rotatable bonds is 4. The zero-order chi connectivity index (χ0) is 8.54. The first-order valence-corrected chi connectivity index (χ1v) is 7.63. The van der Waals surface area contributed by atoms with Gasteiger partial charge < -0.3 is 4.74 Å². The molecule has 0 amide bonds. The van der Waals surface area contributed by atoms with E-state index < -0.39 is 0 Å². The van der Waals surface area contributed by atoms with E-state index >= 15 is 0 Å². The van der Waals surface area contributed by atoms with Crippen LogP contribution in [-0.4, -0.2) is 32.5 Å². The minimum atomic E-state index is -0.0139. The molecule has 5 heteroatoms. The van der Waals surface area contributed by atoms with Crippen LogP contribution >= 0.6 is 63.7 Å². The fraction of sp³-hybridized carbons (Fsp3) is 1.00. The molecule has 11 heavy (non-hydrogen) atoms. The maximum atomic E-state index is 5.70. The molecule has 0 aromatic carbocycles. The van der Waals surface area contributed by atoms with Crippen LogP contribution in [0.5, 0.6) is 0 Å². The van der Waals surface area contributed by atoms with Gasteiger partial charge in [0.15, 0.2) is 0 Å². The molecule has 66 valence electrons. The van der Waals surface area contributed by atoms with E-state index in [0.717, 1.165) is 21.3 Å². The van der Waals surface area contributed by atoms with Gasteiger partial charge in [0, 0.05) is 21.3 Å². The van der Waals surface area contributed by atoms with E-state index in [4.69, 9.17) is 4.74 Å². The van der Waals surface area contributed by atoms with Crippen molar-refractivity contribution >= 4 is 63.7 Å². The lowest BCUT2D eigenvalue weighted by Gasteiger charge is -2.10. The quantitative estimate of drug-likeness (QED) is 0.508. The summed E-state index contributed by atoms with van der Waals surface area (Å²) < 4.78 is 5.70. The van der Waals surface area contributed by atoms with E-state index in [0.29, 0.717) is 0 Å².